The number of benzene rings is 2. The maximum atomic E-state index is 12.9. The Balaban J connectivity index is 1.46. The van der Waals surface area contributed by atoms with Crippen LogP contribution in [0.3, 0.4) is 0 Å². The number of carbonyl (C=O) groups excluding carboxylic acids is 2. The average Bonchev–Trinajstić information content (AvgIpc) is 3.22. The smallest absolute Gasteiger partial charge is 0.253 e. The summed E-state index contributed by atoms with van der Waals surface area (Å²) in [7, 11) is 0. The van der Waals surface area contributed by atoms with Crippen molar-refractivity contribution in [2.75, 3.05) is 5.32 Å². The number of rotatable bonds is 6. The SMILES string of the molecule is CC(C)[C@H](NC(=O)c1ccccc1Cl)C(=O)Nc1ccc(-c2cn3ccccc3n2)cc1. The van der Waals surface area contributed by atoms with Gasteiger partial charge in [-0.25, -0.2) is 4.98 Å². The van der Waals surface area contributed by atoms with Gasteiger partial charge in [-0.3, -0.25) is 9.59 Å². The maximum Gasteiger partial charge on any atom is 0.253 e. The molecule has 162 valence electrons. The predicted molar refractivity (Wildman–Crippen MR) is 127 cm³/mol. The molecule has 6 nitrogen and oxygen atoms in total. The van der Waals surface area contributed by atoms with Gasteiger partial charge in [-0.1, -0.05) is 55.8 Å². The van der Waals surface area contributed by atoms with Gasteiger partial charge in [0, 0.05) is 23.6 Å². The number of halogens is 1. The second kappa shape index (κ2) is 9.24. The van der Waals surface area contributed by atoms with E-state index in [-0.39, 0.29) is 17.7 Å². The van der Waals surface area contributed by atoms with E-state index in [4.69, 9.17) is 11.6 Å². The normalized spacial score (nSPS) is 12.0. The molecule has 0 spiro atoms. The van der Waals surface area contributed by atoms with Crippen molar-refractivity contribution in [3.8, 4) is 11.3 Å². The lowest BCUT2D eigenvalue weighted by atomic mass is 10.0. The summed E-state index contributed by atoms with van der Waals surface area (Å²) in [6.45, 7) is 3.76. The van der Waals surface area contributed by atoms with E-state index >= 15 is 0 Å². The van der Waals surface area contributed by atoms with Crippen molar-refractivity contribution in [3.63, 3.8) is 0 Å². The molecule has 7 heteroatoms. The van der Waals surface area contributed by atoms with Crippen molar-refractivity contribution in [2.24, 2.45) is 5.92 Å². The van der Waals surface area contributed by atoms with Gasteiger partial charge in [-0.15, -0.1) is 0 Å². The van der Waals surface area contributed by atoms with Gasteiger partial charge >= 0.3 is 0 Å². The third-order valence-corrected chi connectivity index (χ3v) is 5.50. The fourth-order valence-corrected chi connectivity index (χ4v) is 3.64. The van der Waals surface area contributed by atoms with Crippen LogP contribution in [0.5, 0.6) is 0 Å². The molecule has 0 unspecified atom stereocenters. The molecule has 0 aliphatic rings. The third kappa shape index (κ3) is 4.65. The minimum absolute atomic E-state index is 0.112. The third-order valence-electron chi connectivity index (χ3n) is 5.17. The lowest BCUT2D eigenvalue weighted by Crippen LogP contribution is -2.47. The van der Waals surface area contributed by atoms with Gasteiger partial charge in [0.25, 0.3) is 5.91 Å². The molecular weight excluding hydrogens is 424 g/mol. The molecule has 2 amide bonds. The van der Waals surface area contributed by atoms with Gasteiger partial charge in [0.1, 0.15) is 11.7 Å². The van der Waals surface area contributed by atoms with E-state index in [0.29, 0.717) is 16.3 Å². The molecule has 1 atom stereocenters. The number of hydrogen-bond donors (Lipinski definition) is 2. The number of carbonyl (C=O) groups is 2. The summed E-state index contributed by atoms with van der Waals surface area (Å²) >= 11 is 6.11. The second-order valence-corrected chi connectivity index (χ2v) is 8.24. The minimum atomic E-state index is -0.711. The van der Waals surface area contributed by atoms with Crippen LogP contribution in [-0.2, 0) is 4.79 Å². The molecule has 4 rings (SSSR count). The molecule has 0 fully saturated rings. The van der Waals surface area contributed by atoms with Gasteiger partial charge in [0.05, 0.1) is 16.3 Å². The van der Waals surface area contributed by atoms with Crippen LogP contribution < -0.4 is 10.6 Å². The summed E-state index contributed by atoms with van der Waals surface area (Å²) in [6.07, 6.45) is 3.91. The molecule has 2 N–H and O–H groups in total. The minimum Gasteiger partial charge on any atom is -0.340 e. The highest BCUT2D eigenvalue weighted by Gasteiger charge is 2.25. The van der Waals surface area contributed by atoms with Gasteiger partial charge in [-0.05, 0) is 42.3 Å². The lowest BCUT2D eigenvalue weighted by Gasteiger charge is -2.22. The predicted octanol–water partition coefficient (Wildman–Crippen LogP) is 5.05. The monoisotopic (exact) mass is 446 g/mol. The van der Waals surface area contributed by atoms with Crippen molar-refractivity contribution >= 4 is 34.7 Å². The lowest BCUT2D eigenvalue weighted by molar-refractivity contribution is -0.118. The van der Waals surface area contributed by atoms with Crippen LogP contribution in [-0.4, -0.2) is 27.2 Å². The summed E-state index contributed by atoms with van der Waals surface area (Å²) in [5.74, 6) is -0.786. The molecule has 2 aromatic carbocycles. The molecule has 0 radical (unpaired) electrons. The molecule has 4 aromatic rings. The zero-order valence-electron chi connectivity index (χ0n) is 17.7. The average molecular weight is 447 g/mol. The molecule has 2 heterocycles. The van der Waals surface area contributed by atoms with E-state index in [1.807, 2.05) is 73.1 Å². The Kier molecular flexibility index (Phi) is 6.23. The quantitative estimate of drug-likeness (QED) is 0.435. The van der Waals surface area contributed by atoms with Crippen LogP contribution in [0.1, 0.15) is 24.2 Å². The van der Waals surface area contributed by atoms with Crippen LogP contribution in [0.2, 0.25) is 5.02 Å². The number of nitrogens with one attached hydrogen (secondary N) is 2. The molecule has 0 saturated carbocycles. The summed E-state index contributed by atoms with van der Waals surface area (Å²) in [6, 6.07) is 19.3. The second-order valence-electron chi connectivity index (χ2n) is 7.83. The number of aromatic nitrogens is 2. The van der Waals surface area contributed by atoms with Crippen LogP contribution in [0.25, 0.3) is 16.9 Å². The maximum absolute atomic E-state index is 12.9. The summed E-state index contributed by atoms with van der Waals surface area (Å²) < 4.78 is 1.96. The number of nitrogens with zero attached hydrogens (tertiary/aromatic N) is 2. The van der Waals surface area contributed by atoms with Crippen molar-refractivity contribution in [1.29, 1.82) is 0 Å². The van der Waals surface area contributed by atoms with Gasteiger partial charge in [-0.2, -0.15) is 0 Å². The first kappa shape index (κ1) is 21.6. The number of anilines is 1. The summed E-state index contributed by atoms with van der Waals surface area (Å²) in [5, 5.41) is 6.03. The van der Waals surface area contributed by atoms with E-state index in [1.54, 1.807) is 24.3 Å². The highest BCUT2D eigenvalue weighted by Crippen LogP contribution is 2.22. The van der Waals surface area contributed by atoms with E-state index in [9.17, 15) is 9.59 Å². The number of hydrogen-bond acceptors (Lipinski definition) is 3. The zero-order valence-corrected chi connectivity index (χ0v) is 18.5. The first-order valence-electron chi connectivity index (χ1n) is 10.3. The molecule has 0 bridgehead atoms. The fraction of sp³-hybridized carbons (Fsp3) is 0.160. The molecule has 2 aromatic heterocycles. The highest BCUT2D eigenvalue weighted by molar-refractivity contribution is 6.33. The van der Waals surface area contributed by atoms with Crippen LogP contribution in [0.15, 0.2) is 79.1 Å². The Morgan fingerprint density at radius 2 is 1.69 bits per heavy atom. The van der Waals surface area contributed by atoms with Gasteiger partial charge < -0.3 is 15.0 Å². The molecule has 32 heavy (non-hydrogen) atoms. The zero-order chi connectivity index (χ0) is 22.7. The van der Waals surface area contributed by atoms with Crippen LogP contribution >= 0.6 is 11.6 Å². The van der Waals surface area contributed by atoms with Gasteiger partial charge in [0.15, 0.2) is 0 Å². The summed E-state index contributed by atoms with van der Waals surface area (Å²) in [4.78, 5) is 30.1. The highest BCUT2D eigenvalue weighted by atomic mass is 35.5. The molecule has 0 saturated heterocycles. The molecule has 0 aliphatic carbocycles. The number of pyridine rings is 1. The van der Waals surface area contributed by atoms with Crippen molar-refractivity contribution < 1.29 is 9.59 Å². The van der Waals surface area contributed by atoms with E-state index in [0.717, 1.165) is 16.9 Å². The van der Waals surface area contributed by atoms with Crippen molar-refractivity contribution in [1.82, 2.24) is 14.7 Å². The first-order chi connectivity index (χ1) is 15.4. The molecule has 0 aliphatic heterocycles. The van der Waals surface area contributed by atoms with Crippen LogP contribution in [0.4, 0.5) is 5.69 Å². The Labute approximate surface area is 191 Å². The number of imidazole rings is 1. The Morgan fingerprint density at radius 1 is 0.969 bits per heavy atom. The largest absolute Gasteiger partial charge is 0.340 e. The van der Waals surface area contributed by atoms with Crippen LogP contribution in [0, 0.1) is 5.92 Å². The van der Waals surface area contributed by atoms with Crippen molar-refractivity contribution in [2.45, 2.75) is 19.9 Å². The number of fused-ring (bicyclic) bond motifs is 1. The fourth-order valence-electron chi connectivity index (χ4n) is 3.42. The molecular formula is C25H23ClN4O2. The van der Waals surface area contributed by atoms with E-state index < -0.39 is 6.04 Å². The van der Waals surface area contributed by atoms with E-state index in [1.165, 1.54) is 0 Å². The summed E-state index contributed by atoms with van der Waals surface area (Å²) in [5.41, 5.74) is 3.64. The Hall–Kier alpha value is -3.64. The standard InChI is InChI=1S/C25H23ClN4O2/c1-16(2)23(29-24(31)19-7-3-4-8-20(19)26)25(32)27-18-12-10-17(11-13-18)21-15-30-14-6-5-9-22(30)28-21/h3-16,23H,1-2H3,(H,27,32)(H,29,31)/t23-/m0/s1. The Bertz CT molecular complexity index is 1230. The number of amides is 2. The topological polar surface area (TPSA) is 75.5 Å². The van der Waals surface area contributed by atoms with Gasteiger partial charge in [0.2, 0.25) is 5.91 Å². The van der Waals surface area contributed by atoms with Crippen molar-refractivity contribution in [3.05, 3.63) is 89.7 Å². The Morgan fingerprint density at radius 3 is 2.38 bits per heavy atom. The van der Waals surface area contributed by atoms with E-state index in [2.05, 4.69) is 15.6 Å². The first-order valence-corrected chi connectivity index (χ1v) is 10.7.